The van der Waals surface area contributed by atoms with Crippen LogP contribution in [0.15, 0.2) is 28.7 Å². The highest BCUT2D eigenvalue weighted by atomic mass is 79.9. The van der Waals surface area contributed by atoms with Crippen LogP contribution in [0, 0.1) is 0 Å². The van der Waals surface area contributed by atoms with E-state index in [9.17, 15) is 4.79 Å². The third-order valence-electron chi connectivity index (χ3n) is 2.56. The van der Waals surface area contributed by atoms with E-state index in [1.54, 1.807) is 7.11 Å². The Labute approximate surface area is 116 Å². The van der Waals surface area contributed by atoms with E-state index >= 15 is 0 Å². The Morgan fingerprint density at radius 3 is 3.00 bits per heavy atom. The summed E-state index contributed by atoms with van der Waals surface area (Å²) in [6, 6.07) is 7.34. The molecule has 0 aromatic heterocycles. The van der Waals surface area contributed by atoms with Crippen LogP contribution in [-0.4, -0.2) is 25.7 Å². The molecule has 1 amide bonds. The van der Waals surface area contributed by atoms with Crippen LogP contribution in [-0.2, 0) is 16.1 Å². The van der Waals surface area contributed by atoms with E-state index in [2.05, 4.69) is 21.2 Å². The van der Waals surface area contributed by atoms with Crippen molar-refractivity contribution in [1.82, 2.24) is 5.32 Å². The maximum absolute atomic E-state index is 11.7. The van der Waals surface area contributed by atoms with Crippen LogP contribution in [0.25, 0.3) is 0 Å². The van der Waals surface area contributed by atoms with Gasteiger partial charge in [-0.1, -0.05) is 28.1 Å². The Morgan fingerprint density at radius 1 is 1.56 bits per heavy atom. The van der Waals surface area contributed by atoms with Crippen LogP contribution in [0.1, 0.15) is 18.4 Å². The van der Waals surface area contributed by atoms with Crippen molar-refractivity contribution in [3.63, 3.8) is 0 Å². The topological polar surface area (TPSA) is 64.3 Å². The Hall–Kier alpha value is -0.910. The molecule has 4 nitrogen and oxygen atoms in total. The van der Waals surface area contributed by atoms with Crippen LogP contribution >= 0.6 is 15.9 Å². The van der Waals surface area contributed by atoms with Crippen molar-refractivity contribution >= 4 is 21.8 Å². The molecule has 0 heterocycles. The van der Waals surface area contributed by atoms with Gasteiger partial charge < -0.3 is 15.8 Å². The summed E-state index contributed by atoms with van der Waals surface area (Å²) in [5.74, 6) is -0.119. The molecule has 18 heavy (non-hydrogen) atoms. The van der Waals surface area contributed by atoms with E-state index in [4.69, 9.17) is 10.5 Å². The predicted octanol–water partition coefficient (Wildman–Crippen LogP) is 1.82. The van der Waals surface area contributed by atoms with Gasteiger partial charge in [0, 0.05) is 24.7 Å². The molecule has 0 aliphatic carbocycles. The van der Waals surface area contributed by atoms with Gasteiger partial charge in [0.05, 0.1) is 6.04 Å². The lowest BCUT2D eigenvalue weighted by molar-refractivity contribution is -0.122. The minimum atomic E-state index is -0.465. The van der Waals surface area contributed by atoms with E-state index in [-0.39, 0.29) is 5.91 Å². The van der Waals surface area contributed by atoms with E-state index < -0.39 is 6.04 Å². The van der Waals surface area contributed by atoms with Crippen molar-refractivity contribution in [2.45, 2.75) is 25.4 Å². The Morgan fingerprint density at radius 2 is 2.33 bits per heavy atom. The number of ether oxygens (including phenoxy) is 1. The zero-order chi connectivity index (χ0) is 13.4. The maximum atomic E-state index is 11.7. The molecule has 0 fully saturated rings. The Bertz CT molecular complexity index is 385. The smallest absolute Gasteiger partial charge is 0.237 e. The van der Waals surface area contributed by atoms with Gasteiger partial charge in [-0.05, 0) is 30.5 Å². The van der Waals surface area contributed by atoms with Crippen LogP contribution in [0.2, 0.25) is 0 Å². The van der Waals surface area contributed by atoms with Crippen molar-refractivity contribution in [1.29, 1.82) is 0 Å². The van der Waals surface area contributed by atoms with Crippen molar-refractivity contribution in [3.05, 3.63) is 34.3 Å². The minimum absolute atomic E-state index is 0.119. The second-order valence-electron chi connectivity index (χ2n) is 4.09. The van der Waals surface area contributed by atoms with Crippen molar-refractivity contribution in [3.8, 4) is 0 Å². The predicted molar refractivity (Wildman–Crippen MR) is 75.1 cm³/mol. The summed E-state index contributed by atoms with van der Waals surface area (Å²) in [5, 5.41) is 2.83. The molecular formula is C13H19BrN2O2. The van der Waals surface area contributed by atoms with Gasteiger partial charge in [0.1, 0.15) is 0 Å². The first-order chi connectivity index (χ1) is 8.63. The number of methoxy groups -OCH3 is 1. The van der Waals surface area contributed by atoms with Gasteiger partial charge >= 0.3 is 0 Å². The average Bonchev–Trinajstić information content (AvgIpc) is 2.36. The van der Waals surface area contributed by atoms with Gasteiger partial charge in [0.2, 0.25) is 5.91 Å². The molecule has 0 aliphatic heterocycles. The highest BCUT2D eigenvalue weighted by molar-refractivity contribution is 9.10. The summed E-state index contributed by atoms with van der Waals surface area (Å²) in [6.45, 7) is 1.13. The molecular weight excluding hydrogens is 296 g/mol. The molecule has 1 unspecified atom stereocenters. The monoisotopic (exact) mass is 314 g/mol. The molecule has 3 N–H and O–H groups in total. The zero-order valence-corrected chi connectivity index (χ0v) is 12.1. The summed E-state index contributed by atoms with van der Waals surface area (Å²) in [4.78, 5) is 11.7. The fraction of sp³-hybridized carbons (Fsp3) is 0.462. The third-order valence-corrected chi connectivity index (χ3v) is 3.05. The van der Waals surface area contributed by atoms with Gasteiger partial charge in [-0.25, -0.2) is 0 Å². The maximum Gasteiger partial charge on any atom is 0.237 e. The van der Waals surface area contributed by atoms with Gasteiger partial charge in [-0.3, -0.25) is 4.79 Å². The van der Waals surface area contributed by atoms with Gasteiger partial charge in [-0.2, -0.15) is 0 Å². The second-order valence-corrected chi connectivity index (χ2v) is 5.00. The van der Waals surface area contributed by atoms with Crippen molar-refractivity contribution in [2.24, 2.45) is 5.73 Å². The van der Waals surface area contributed by atoms with Crippen molar-refractivity contribution in [2.75, 3.05) is 13.7 Å². The van der Waals surface area contributed by atoms with E-state index in [0.29, 0.717) is 19.6 Å². The number of halogens is 1. The standard InChI is InChI=1S/C13H19BrN2O2/c1-18-7-3-6-12(15)13(17)16-9-10-4-2-5-11(14)8-10/h2,4-5,8,12H,3,6-7,9,15H2,1H3,(H,16,17). The largest absolute Gasteiger partial charge is 0.385 e. The number of benzene rings is 1. The molecule has 1 aromatic rings. The molecule has 0 bridgehead atoms. The van der Waals surface area contributed by atoms with Gasteiger partial charge in [0.25, 0.3) is 0 Å². The molecule has 0 radical (unpaired) electrons. The number of amides is 1. The lowest BCUT2D eigenvalue weighted by Gasteiger charge is -2.12. The van der Waals surface area contributed by atoms with Crippen LogP contribution in [0.3, 0.4) is 0 Å². The number of nitrogens with two attached hydrogens (primary N) is 1. The van der Waals surface area contributed by atoms with Gasteiger partial charge in [-0.15, -0.1) is 0 Å². The Kier molecular flexibility index (Phi) is 6.93. The first-order valence-corrected chi connectivity index (χ1v) is 6.69. The highest BCUT2D eigenvalue weighted by Crippen LogP contribution is 2.11. The molecule has 100 valence electrons. The quantitative estimate of drug-likeness (QED) is 0.755. The SMILES string of the molecule is COCCCC(N)C(=O)NCc1cccc(Br)c1. The molecule has 1 atom stereocenters. The molecule has 0 saturated carbocycles. The lowest BCUT2D eigenvalue weighted by Crippen LogP contribution is -2.40. The van der Waals surface area contributed by atoms with Crippen LogP contribution < -0.4 is 11.1 Å². The Balaban J connectivity index is 2.32. The van der Waals surface area contributed by atoms with Crippen molar-refractivity contribution < 1.29 is 9.53 Å². The summed E-state index contributed by atoms with van der Waals surface area (Å²) in [6.07, 6.45) is 1.43. The molecule has 1 aromatic carbocycles. The summed E-state index contributed by atoms with van der Waals surface area (Å²) in [7, 11) is 1.64. The molecule has 5 heteroatoms. The number of hydrogen-bond donors (Lipinski definition) is 2. The van der Waals surface area contributed by atoms with E-state index in [1.807, 2.05) is 24.3 Å². The first-order valence-electron chi connectivity index (χ1n) is 5.90. The number of hydrogen-bond acceptors (Lipinski definition) is 3. The third kappa shape index (κ3) is 5.62. The molecule has 0 spiro atoms. The van der Waals surface area contributed by atoms with E-state index in [1.165, 1.54) is 0 Å². The number of carbonyl (C=O) groups excluding carboxylic acids is 1. The first kappa shape index (κ1) is 15.1. The van der Waals surface area contributed by atoms with Crippen LogP contribution in [0.5, 0.6) is 0 Å². The molecule has 0 aliphatic rings. The minimum Gasteiger partial charge on any atom is -0.385 e. The second kappa shape index (κ2) is 8.24. The number of nitrogens with one attached hydrogen (secondary N) is 1. The lowest BCUT2D eigenvalue weighted by atomic mass is 10.1. The highest BCUT2D eigenvalue weighted by Gasteiger charge is 2.12. The van der Waals surface area contributed by atoms with Gasteiger partial charge in [0.15, 0.2) is 0 Å². The van der Waals surface area contributed by atoms with Crippen LogP contribution in [0.4, 0.5) is 0 Å². The summed E-state index contributed by atoms with van der Waals surface area (Å²) in [5.41, 5.74) is 6.82. The zero-order valence-electron chi connectivity index (χ0n) is 10.5. The summed E-state index contributed by atoms with van der Waals surface area (Å²) >= 11 is 3.39. The fourth-order valence-electron chi connectivity index (χ4n) is 1.55. The molecule has 1 rings (SSSR count). The number of rotatable bonds is 7. The average molecular weight is 315 g/mol. The molecule has 0 saturated heterocycles. The normalized spacial score (nSPS) is 12.2. The number of carbonyl (C=O) groups is 1. The van der Waals surface area contributed by atoms with E-state index in [0.717, 1.165) is 16.5 Å². The summed E-state index contributed by atoms with van der Waals surface area (Å²) < 4.78 is 5.92. The fourth-order valence-corrected chi connectivity index (χ4v) is 1.99.